The van der Waals surface area contributed by atoms with Gasteiger partial charge in [-0.2, -0.15) is 0 Å². The van der Waals surface area contributed by atoms with Gasteiger partial charge in [-0.1, -0.05) is 24.3 Å². The van der Waals surface area contributed by atoms with Crippen LogP contribution in [0.3, 0.4) is 0 Å². The van der Waals surface area contributed by atoms with E-state index in [2.05, 4.69) is 10.7 Å². The number of carbonyl (C=O) groups is 3. The van der Waals surface area contributed by atoms with Crippen molar-refractivity contribution >= 4 is 29.3 Å². The normalized spacial score (nSPS) is 18.0. The molecule has 11 nitrogen and oxygen atoms in total. The molecule has 0 fully saturated rings. The number of amides is 3. The van der Waals surface area contributed by atoms with E-state index in [4.69, 9.17) is 0 Å². The number of urea groups is 1. The molecule has 158 valence electrons. The summed E-state index contributed by atoms with van der Waals surface area (Å²) in [5.41, 5.74) is 3.93. The highest BCUT2D eigenvalue weighted by Crippen LogP contribution is 2.36. The standard InChI is InChI=1S/C20H17N5O6/c1-23-15-10-24(22-14-8-3-2-7-13(14)19(27)28)18(26)16(15)17(21-20(23)29)11-5-4-6-12(9-11)25(30)31/h2-9,17,22H,10H2,1H3,(H,21,29)(H,27,28)/t17-/m1/s1. The van der Waals surface area contributed by atoms with Crippen LogP contribution >= 0.6 is 0 Å². The first-order valence-corrected chi connectivity index (χ1v) is 9.20. The maximum atomic E-state index is 13.2. The Morgan fingerprint density at radius 3 is 2.68 bits per heavy atom. The first-order valence-electron chi connectivity index (χ1n) is 9.20. The lowest BCUT2D eigenvalue weighted by atomic mass is 9.95. The number of nitro groups is 1. The Kier molecular flexibility index (Phi) is 4.78. The number of rotatable bonds is 5. The molecule has 3 N–H and O–H groups in total. The Morgan fingerprint density at radius 2 is 1.97 bits per heavy atom. The van der Waals surface area contributed by atoms with Gasteiger partial charge in [-0.3, -0.25) is 25.2 Å². The summed E-state index contributed by atoms with van der Waals surface area (Å²) in [6.07, 6.45) is 0. The molecule has 2 aromatic rings. The fraction of sp³-hybridized carbons (Fsp3) is 0.150. The number of carboxylic acids is 1. The molecule has 2 aliphatic heterocycles. The summed E-state index contributed by atoms with van der Waals surface area (Å²) in [5.74, 6) is -1.63. The number of para-hydroxylation sites is 1. The van der Waals surface area contributed by atoms with Crippen LogP contribution in [0.25, 0.3) is 0 Å². The molecule has 0 saturated carbocycles. The molecule has 3 amide bonds. The molecular weight excluding hydrogens is 406 g/mol. The molecular formula is C20H17N5O6. The molecule has 4 rings (SSSR count). The summed E-state index contributed by atoms with van der Waals surface area (Å²) in [4.78, 5) is 49.1. The number of hydrogen-bond acceptors (Lipinski definition) is 6. The molecule has 2 aliphatic rings. The Morgan fingerprint density at radius 1 is 1.23 bits per heavy atom. The van der Waals surface area contributed by atoms with E-state index >= 15 is 0 Å². The average molecular weight is 423 g/mol. The van der Waals surface area contributed by atoms with Gasteiger partial charge < -0.3 is 10.4 Å². The van der Waals surface area contributed by atoms with Crippen molar-refractivity contribution in [2.45, 2.75) is 6.04 Å². The number of aromatic carboxylic acids is 1. The molecule has 2 aromatic carbocycles. The fourth-order valence-corrected chi connectivity index (χ4v) is 3.64. The number of benzene rings is 2. The second kappa shape index (κ2) is 7.44. The van der Waals surface area contributed by atoms with Crippen molar-refractivity contribution < 1.29 is 24.4 Å². The van der Waals surface area contributed by atoms with Crippen molar-refractivity contribution in [1.29, 1.82) is 0 Å². The maximum absolute atomic E-state index is 13.2. The van der Waals surface area contributed by atoms with Gasteiger partial charge in [0.15, 0.2) is 0 Å². The molecule has 31 heavy (non-hydrogen) atoms. The van der Waals surface area contributed by atoms with Crippen LogP contribution in [0.15, 0.2) is 59.8 Å². The van der Waals surface area contributed by atoms with Gasteiger partial charge >= 0.3 is 12.0 Å². The van der Waals surface area contributed by atoms with E-state index in [1.54, 1.807) is 18.2 Å². The van der Waals surface area contributed by atoms with Crippen LogP contribution in [-0.2, 0) is 4.79 Å². The van der Waals surface area contributed by atoms with Crippen LogP contribution < -0.4 is 10.7 Å². The molecule has 0 spiro atoms. The lowest BCUT2D eigenvalue weighted by molar-refractivity contribution is -0.384. The van der Waals surface area contributed by atoms with Crippen LogP contribution in [0.4, 0.5) is 16.2 Å². The number of likely N-dealkylation sites (N-methyl/N-ethyl adjacent to an activating group) is 1. The number of nitrogens with one attached hydrogen (secondary N) is 2. The van der Waals surface area contributed by atoms with E-state index in [1.807, 2.05) is 0 Å². The number of nitro benzene ring substituents is 1. The number of nitrogens with zero attached hydrogens (tertiary/aromatic N) is 3. The van der Waals surface area contributed by atoms with E-state index in [1.165, 1.54) is 47.3 Å². The second-order valence-corrected chi connectivity index (χ2v) is 7.01. The zero-order valence-electron chi connectivity index (χ0n) is 16.2. The Hall–Kier alpha value is -4.41. The third-order valence-corrected chi connectivity index (χ3v) is 5.19. The van der Waals surface area contributed by atoms with Crippen LogP contribution in [-0.4, -0.2) is 51.4 Å². The SMILES string of the molecule is CN1C(=O)N[C@H](c2cccc([N+](=O)[O-])c2)C2=C1CN(Nc1ccccc1C(=O)O)C2=O. The van der Waals surface area contributed by atoms with Gasteiger partial charge in [0.2, 0.25) is 0 Å². The molecule has 11 heteroatoms. The van der Waals surface area contributed by atoms with Crippen LogP contribution in [0.1, 0.15) is 22.0 Å². The number of carbonyl (C=O) groups excluding carboxylic acids is 2. The minimum atomic E-state index is -1.16. The molecule has 0 radical (unpaired) electrons. The summed E-state index contributed by atoms with van der Waals surface area (Å²) >= 11 is 0. The molecule has 0 bridgehead atoms. The van der Waals surface area contributed by atoms with Gasteiger partial charge in [0.25, 0.3) is 11.6 Å². The number of hydrazine groups is 1. The van der Waals surface area contributed by atoms with Crippen LogP contribution in [0, 0.1) is 10.1 Å². The zero-order chi connectivity index (χ0) is 22.3. The van der Waals surface area contributed by atoms with Gasteiger partial charge in [-0.25, -0.2) is 14.6 Å². The van der Waals surface area contributed by atoms with Crippen molar-refractivity contribution in [2.75, 3.05) is 19.0 Å². The topological polar surface area (TPSA) is 145 Å². The van der Waals surface area contributed by atoms with E-state index in [0.717, 1.165) is 0 Å². The quantitative estimate of drug-likeness (QED) is 0.493. The molecule has 0 aromatic heterocycles. The highest BCUT2D eigenvalue weighted by Gasteiger charge is 2.43. The monoisotopic (exact) mass is 423 g/mol. The lowest BCUT2D eigenvalue weighted by Crippen LogP contribution is -2.45. The first-order chi connectivity index (χ1) is 14.8. The highest BCUT2D eigenvalue weighted by molar-refractivity contribution is 6.02. The van der Waals surface area contributed by atoms with Crippen molar-refractivity contribution in [3.63, 3.8) is 0 Å². The van der Waals surface area contributed by atoms with Crippen molar-refractivity contribution in [3.05, 3.63) is 81.0 Å². The van der Waals surface area contributed by atoms with Gasteiger partial charge in [-0.15, -0.1) is 0 Å². The predicted molar refractivity (Wildman–Crippen MR) is 108 cm³/mol. The largest absolute Gasteiger partial charge is 0.478 e. The predicted octanol–water partition coefficient (Wildman–Crippen LogP) is 2.11. The number of non-ortho nitro benzene ring substituents is 1. The third-order valence-electron chi connectivity index (χ3n) is 5.19. The molecule has 0 saturated heterocycles. The van der Waals surface area contributed by atoms with Crippen molar-refractivity contribution in [2.24, 2.45) is 0 Å². The number of anilines is 1. The summed E-state index contributed by atoms with van der Waals surface area (Å²) in [6, 6.07) is 10.5. The maximum Gasteiger partial charge on any atom is 0.337 e. The fourth-order valence-electron chi connectivity index (χ4n) is 3.64. The van der Waals surface area contributed by atoms with Crippen LogP contribution in [0.2, 0.25) is 0 Å². The summed E-state index contributed by atoms with van der Waals surface area (Å²) < 4.78 is 0. The minimum Gasteiger partial charge on any atom is -0.478 e. The molecule has 2 heterocycles. The first kappa shape index (κ1) is 19.9. The van der Waals surface area contributed by atoms with Crippen LogP contribution in [0.5, 0.6) is 0 Å². The smallest absolute Gasteiger partial charge is 0.337 e. The molecule has 1 atom stereocenters. The minimum absolute atomic E-state index is 0.0114. The van der Waals surface area contributed by atoms with Crippen molar-refractivity contribution in [3.8, 4) is 0 Å². The average Bonchev–Trinajstić information content (AvgIpc) is 3.07. The summed E-state index contributed by atoms with van der Waals surface area (Å²) in [6.45, 7) is 0.0114. The number of hydrogen-bond donors (Lipinski definition) is 3. The Labute approximate surface area is 175 Å². The zero-order valence-corrected chi connectivity index (χ0v) is 16.2. The van der Waals surface area contributed by atoms with E-state index in [-0.39, 0.29) is 29.1 Å². The van der Waals surface area contributed by atoms with E-state index < -0.39 is 28.9 Å². The van der Waals surface area contributed by atoms with E-state index in [9.17, 15) is 29.6 Å². The van der Waals surface area contributed by atoms with E-state index in [0.29, 0.717) is 11.3 Å². The van der Waals surface area contributed by atoms with Gasteiger partial charge in [-0.05, 0) is 17.7 Å². The second-order valence-electron chi connectivity index (χ2n) is 7.01. The summed E-state index contributed by atoms with van der Waals surface area (Å²) in [7, 11) is 1.51. The van der Waals surface area contributed by atoms with Gasteiger partial charge in [0, 0.05) is 19.2 Å². The Bertz CT molecular complexity index is 1160. The number of carboxylic acid groups (broad SMARTS) is 1. The summed E-state index contributed by atoms with van der Waals surface area (Å²) in [5, 5.41) is 24.4. The van der Waals surface area contributed by atoms with Gasteiger partial charge in [0.1, 0.15) is 0 Å². The lowest BCUT2D eigenvalue weighted by Gasteiger charge is -2.30. The highest BCUT2D eigenvalue weighted by atomic mass is 16.6. The van der Waals surface area contributed by atoms with Crippen molar-refractivity contribution in [1.82, 2.24) is 15.2 Å². The Balaban J connectivity index is 1.70. The molecule has 0 aliphatic carbocycles. The third kappa shape index (κ3) is 3.41. The van der Waals surface area contributed by atoms with Gasteiger partial charge in [0.05, 0.1) is 40.0 Å². The molecule has 0 unspecified atom stereocenters.